The van der Waals surface area contributed by atoms with Crippen LogP contribution in [-0.2, 0) is 16.3 Å². The average molecular weight is 576 g/mol. The van der Waals surface area contributed by atoms with E-state index in [1.54, 1.807) is 37.4 Å². The summed E-state index contributed by atoms with van der Waals surface area (Å²) in [5, 5.41) is 6.27. The normalized spacial score (nSPS) is 11.4. The van der Waals surface area contributed by atoms with E-state index >= 15 is 0 Å². The Morgan fingerprint density at radius 2 is 1.78 bits per heavy atom. The zero-order valence-corrected chi connectivity index (χ0v) is 22.1. The van der Waals surface area contributed by atoms with Crippen molar-refractivity contribution in [3.8, 4) is 11.5 Å². The van der Waals surface area contributed by atoms with Crippen molar-refractivity contribution >= 4 is 39.8 Å². The summed E-state index contributed by atoms with van der Waals surface area (Å²) in [5.41, 5.74) is 1.16. The van der Waals surface area contributed by atoms with Gasteiger partial charge in [-0.15, -0.1) is 24.0 Å². The minimum Gasteiger partial charge on any atom is -0.493 e. The maximum Gasteiger partial charge on any atom is 0.191 e. The first kappa shape index (κ1) is 28.0. The van der Waals surface area contributed by atoms with Gasteiger partial charge in [0.05, 0.1) is 24.4 Å². The molecule has 0 radical (unpaired) electrons. The molecule has 0 aliphatic rings. The Hall–Kier alpha value is -2.01. The van der Waals surface area contributed by atoms with Gasteiger partial charge in [0.1, 0.15) is 0 Å². The van der Waals surface area contributed by atoms with Gasteiger partial charge in [-0.25, -0.2) is 8.42 Å². The van der Waals surface area contributed by atoms with Gasteiger partial charge in [-0.3, -0.25) is 4.99 Å². The molecule has 0 atom stereocenters. The molecular weight excluding hydrogens is 541 g/mol. The second kappa shape index (κ2) is 14.9. The van der Waals surface area contributed by atoms with E-state index in [-0.39, 0.29) is 29.7 Å². The number of benzene rings is 2. The largest absolute Gasteiger partial charge is 0.493 e. The molecule has 0 aliphatic carbocycles. The summed E-state index contributed by atoms with van der Waals surface area (Å²) in [6.07, 6.45) is 1.71. The standard InChI is InChI=1S/C23H33N3O4S.HI/c1-4-24-23(26-16-17-31(27,28)20-11-7-6-8-12-20)25-15-9-10-19-13-14-21(29-3)22(18-19)30-5-2;/h6-8,11-14,18H,4-5,9-10,15-17H2,1-3H3,(H2,24,25,26);1H. The van der Waals surface area contributed by atoms with Crippen molar-refractivity contribution in [1.29, 1.82) is 0 Å². The lowest BCUT2D eigenvalue weighted by atomic mass is 10.1. The molecule has 7 nitrogen and oxygen atoms in total. The molecule has 0 amide bonds. The third-order valence-corrected chi connectivity index (χ3v) is 6.26. The van der Waals surface area contributed by atoms with Crippen LogP contribution in [-0.4, -0.2) is 53.5 Å². The number of aryl methyl sites for hydroxylation is 1. The van der Waals surface area contributed by atoms with Crippen molar-refractivity contribution in [2.24, 2.45) is 4.99 Å². The quantitative estimate of drug-likeness (QED) is 0.174. The number of ether oxygens (including phenoxy) is 2. The predicted molar refractivity (Wildman–Crippen MR) is 140 cm³/mol. The third kappa shape index (κ3) is 9.23. The molecular formula is C23H34IN3O4S. The summed E-state index contributed by atoms with van der Waals surface area (Å²) in [6, 6.07) is 14.4. The van der Waals surface area contributed by atoms with Crippen LogP contribution in [0.25, 0.3) is 0 Å². The fourth-order valence-corrected chi connectivity index (χ4v) is 4.19. The van der Waals surface area contributed by atoms with Gasteiger partial charge in [-0.05, 0) is 56.5 Å². The van der Waals surface area contributed by atoms with Crippen LogP contribution in [0.4, 0.5) is 0 Å². The van der Waals surface area contributed by atoms with Gasteiger partial charge in [-0.2, -0.15) is 0 Å². The number of sulfone groups is 1. The molecule has 0 unspecified atom stereocenters. The molecule has 0 heterocycles. The van der Waals surface area contributed by atoms with Crippen LogP contribution in [0, 0.1) is 0 Å². The fourth-order valence-electron chi connectivity index (χ4n) is 3.01. The molecule has 0 saturated carbocycles. The van der Waals surface area contributed by atoms with Gasteiger partial charge in [0, 0.05) is 19.6 Å². The zero-order valence-electron chi connectivity index (χ0n) is 19.0. The van der Waals surface area contributed by atoms with Crippen LogP contribution in [0.3, 0.4) is 0 Å². The molecule has 2 rings (SSSR count). The summed E-state index contributed by atoms with van der Waals surface area (Å²) >= 11 is 0. The predicted octanol–water partition coefficient (Wildman–Crippen LogP) is 3.67. The van der Waals surface area contributed by atoms with E-state index in [9.17, 15) is 8.42 Å². The van der Waals surface area contributed by atoms with E-state index in [1.807, 2.05) is 32.0 Å². The smallest absolute Gasteiger partial charge is 0.191 e. The molecule has 32 heavy (non-hydrogen) atoms. The highest BCUT2D eigenvalue weighted by atomic mass is 127. The maximum absolute atomic E-state index is 12.4. The van der Waals surface area contributed by atoms with Gasteiger partial charge in [-0.1, -0.05) is 24.3 Å². The SMILES string of the molecule is CCNC(=NCCCc1ccc(OC)c(OCC)c1)NCCS(=O)(=O)c1ccccc1.I. The molecule has 0 aromatic heterocycles. The van der Waals surface area contributed by atoms with E-state index in [0.29, 0.717) is 37.1 Å². The monoisotopic (exact) mass is 575 g/mol. The highest BCUT2D eigenvalue weighted by Crippen LogP contribution is 2.28. The second-order valence-corrected chi connectivity index (χ2v) is 8.95. The summed E-state index contributed by atoms with van der Waals surface area (Å²) in [5.74, 6) is 2.11. The maximum atomic E-state index is 12.4. The Morgan fingerprint density at radius 3 is 2.44 bits per heavy atom. The lowest BCUT2D eigenvalue weighted by Gasteiger charge is -2.12. The van der Waals surface area contributed by atoms with Crippen LogP contribution >= 0.6 is 24.0 Å². The number of guanidine groups is 1. The molecule has 2 N–H and O–H groups in total. The number of rotatable bonds is 12. The molecule has 0 aliphatic heterocycles. The lowest BCUT2D eigenvalue weighted by Crippen LogP contribution is -2.39. The van der Waals surface area contributed by atoms with Crippen molar-refractivity contribution in [2.45, 2.75) is 31.6 Å². The fraction of sp³-hybridized carbons (Fsp3) is 0.435. The highest BCUT2D eigenvalue weighted by Gasteiger charge is 2.13. The number of hydrogen-bond donors (Lipinski definition) is 2. The van der Waals surface area contributed by atoms with Crippen molar-refractivity contribution in [3.05, 3.63) is 54.1 Å². The van der Waals surface area contributed by atoms with Crippen LogP contribution in [0.15, 0.2) is 58.4 Å². The number of nitrogens with zero attached hydrogens (tertiary/aromatic N) is 1. The van der Waals surface area contributed by atoms with Crippen molar-refractivity contribution in [3.63, 3.8) is 0 Å². The van der Waals surface area contributed by atoms with E-state index in [2.05, 4.69) is 15.6 Å². The highest BCUT2D eigenvalue weighted by molar-refractivity contribution is 14.0. The van der Waals surface area contributed by atoms with Gasteiger partial charge in [0.2, 0.25) is 0 Å². The van der Waals surface area contributed by atoms with Gasteiger partial charge >= 0.3 is 0 Å². The first-order chi connectivity index (χ1) is 15.0. The molecule has 0 bridgehead atoms. The first-order valence-corrected chi connectivity index (χ1v) is 12.2. The van der Waals surface area contributed by atoms with E-state index in [4.69, 9.17) is 9.47 Å². The first-order valence-electron chi connectivity index (χ1n) is 10.6. The Bertz CT molecular complexity index is 938. The summed E-state index contributed by atoms with van der Waals surface area (Å²) < 4.78 is 35.7. The van der Waals surface area contributed by atoms with Crippen molar-refractivity contribution in [2.75, 3.05) is 39.1 Å². The van der Waals surface area contributed by atoms with Crippen LogP contribution < -0.4 is 20.1 Å². The third-order valence-electron chi connectivity index (χ3n) is 4.53. The van der Waals surface area contributed by atoms with E-state index in [0.717, 1.165) is 29.9 Å². The Kier molecular flexibility index (Phi) is 13.1. The number of hydrogen-bond acceptors (Lipinski definition) is 5. The van der Waals surface area contributed by atoms with Gasteiger partial charge in [0.25, 0.3) is 0 Å². The topological polar surface area (TPSA) is 89.0 Å². The average Bonchev–Trinajstić information content (AvgIpc) is 2.77. The second-order valence-electron chi connectivity index (χ2n) is 6.84. The molecule has 0 spiro atoms. The van der Waals surface area contributed by atoms with Gasteiger partial charge in [0.15, 0.2) is 27.3 Å². The molecule has 9 heteroatoms. The van der Waals surface area contributed by atoms with E-state index < -0.39 is 9.84 Å². The lowest BCUT2D eigenvalue weighted by molar-refractivity contribution is 0.310. The Morgan fingerprint density at radius 1 is 1.03 bits per heavy atom. The minimum atomic E-state index is -3.31. The Labute approximate surface area is 208 Å². The van der Waals surface area contributed by atoms with Crippen LogP contribution in [0.5, 0.6) is 11.5 Å². The summed E-state index contributed by atoms with van der Waals surface area (Å²) in [6.45, 7) is 6.12. The molecule has 2 aromatic carbocycles. The number of methoxy groups -OCH3 is 1. The minimum absolute atomic E-state index is 0. The number of aliphatic imine (C=N–C) groups is 1. The zero-order chi connectivity index (χ0) is 22.5. The number of halogens is 1. The molecule has 0 saturated heterocycles. The summed E-state index contributed by atoms with van der Waals surface area (Å²) in [7, 11) is -1.68. The van der Waals surface area contributed by atoms with E-state index in [1.165, 1.54) is 0 Å². The van der Waals surface area contributed by atoms with Crippen molar-refractivity contribution in [1.82, 2.24) is 10.6 Å². The number of nitrogens with one attached hydrogen (secondary N) is 2. The Balaban J connectivity index is 0.00000512. The molecule has 0 fully saturated rings. The van der Waals surface area contributed by atoms with Crippen molar-refractivity contribution < 1.29 is 17.9 Å². The van der Waals surface area contributed by atoms with Gasteiger partial charge < -0.3 is 20.1 Å². The molecule has 2 aromatic rings. The molecule has 178 valence electrons. The van der Waals surface area contributed by atoms with Crippen LogP contribution in [0.2, 0.25) is 0 Å². The summed E-state index contributed by atoms with van der Waals surface area (Å²) in [4.78, 5) is 4.89. The van der Waals surface area contributed by atoms with Crippen LogP contribution in [0.1, 0.15) is 25.8 Å².